The Morgan fingerprint density at radius 1 is 1.30 bits per heavy atom. The van der Waals surface area contributed by atoms with Gasteiger partial charge in [0.25, 0.3) is 0 Å². The number of nitrogens with one attached hydrogen (secondary N) is 1. The van der Waals surface area contributed by atoms with Crippen molar-refractivity contribution in [3.8, 4) is 5.88 Å². The normalized spacial score (nSPS) is 11.4. The van der Waals surface area contributed by atoms with Gasteiger partial charge in [0.2, 0.25) is 5.88 Å². The van der Waals surface area contributed by atoms with Crippen LogP contribution in [0.1, 0.15) is 5.69 Å². The summed E-state index contributed by atoms with van der Waals surface area (Å²) in [5.74, 6) is -0.0740. The molecule has 0 fully saturated rings. The summed E-state index contributed by atoms with van der Waals surface area (Å²) >= 11 is 0. The molecular formula is C11H12F3N5O. The third kappa shape index (κ3) is 4.11. The quantitative estimate of drug-likeness (QED) is 0.907. The molecule has 0 amide bonds. The van der Waals surface area contributed by atoms with Gasteiger partial charge in [0.15, 0.2) is 6.61 Å². The second-order valence-corrected chi connectivity index (χ2v) is 3.99. The van der Waals surface area contributed by atoms with E-state index in [0.29, 0.717) is 12.2 Å². The van der Waals surface area contributed by atoms with Crippen LogP contribution in [0.4, 0.5) is 18.9 Å². The number of halogens is 3. The molecule has 20 heavy (non-hydrogen) atoms. The van der Waals surface area contributed by atoms with Crippen molar-refractivity contribution in [3.63, 3.8) is 0 Å². The zero-order valence-electron chi connectivity index (χ0n) is 10.6. The van der Waals surface area contributed by atoms with Gasteiger partial charge >= 0.3 is 6.18 Å². The molecule has 9 heteroatoms. The highest BCUT2D eigenvalue weighted by molar-refractivity contribution is 5.42. The molecule has 2 aromatic heterocycles. The molecule has 2 rings (SSSR count). The summed E-state index contributed by atoms with van der Waals surface area (Å²) in [4.78, 5) is 3.78. The zero-order chi connectivity index (χ0) is 14.6. The molecule has 0 saturated carbocycles. The molecule has 0 spiro atoms. The molecule has 0 saturated heterocycles. The van der Waals surface area contributed by atoms with E-state index in [1.54, 1.807) is 24.0 Å². The molecule has 6 nitrogen and oxygen atoms in total. The summed E-state index contributed by atoms with van der Waals surface area (Å²) in [6.07, 6.45) is -1.36. The summed E-state index contributed by atoms with van der Waals surface area (Å²) in [5, 5.41) is 10.5. The molecule has 108 valence electrons. The lowest BCUT2D eigenvalue weighted by Gasteiger charge is -2.09. The first-order valence-electron chi connectivity index (χ1n) is 5.67. The van der Waals surface area contributed by atoms with E-state index in [1.807, 2.05) is 0 Å². The van der Waals surface area contributed by atoms with E-state index in [-0.39, 0.29) is 5.88 Å². The van der Waals surface area contributed by atoms with E-state index in [2.05, 4.69) is 25.3 Å². The van der Waals surface area contributed by atoms with Gasteiger partial charge in [-0.15, -0.1) is 5.10 Å². The fraction of sp³-hybridized carbons (Fsp3) is 0.364. The molecule has 0 aliphatic carbocycles. The minimum atomic E-state index is -4.37. The van der Waals surface area contributed by atoms with E-state index in [0.717, 1.165) is 5.69 Å². The maximum Gasteiger partial charge on any atom is 0.422 e. The van der Waals surface area contributed by atoms with Gasteiger partial charge in [0.05, 0.1) is 30.3 Å². The Morgan fingerprint density at radius 3 is 2.65 bits per heavy atom. The first-order valence-corrected chi connectivity index (χ1v) is 5.67. The van der Waals surface area contributed by atoms with E-state index in [9.17, 15) is 13.2 Å². The van der Waals surface area contributed by atoms with E-state index in [4.69, 9.17) is 0 Å². The average Bonchev–Trinajstić information content (AvgIpc) is 2.80. The molecule has 0 bridgehead atoms. The van der Waals surface area contributed by atoms with Gasteiger partial charge in [0, 0.05) is 13.1 Å². The van der Waals surface area contributed by atoms with Gasteiger partial charge in [-0.25, -0.2) is 4.98 Å². The molecule has 0 radical (unpaired) electrons. The maximum absolute atomic E-state index is 12.0. The Morgan fingerprint density at radius 2 is 2.10 bits per heavy atom. The van der Waals surface area contributed by atoms with Crippen molar-refractivity contribution in [2.75, 3.05) is 11.9 Å². The predicted octanol–water partition coefficient (Wildman–Crippen LogP) is 1.76. The lowest BCUT2D eigenvalue weighted by atomic mass is 10.4. The number of rotatable bonds is 5. The van der Waals surface area contributed by atoms with E-state index < -0.39 is 12.8 Å². The fourth-order valence-corrected chi connectivity index (χ4v) is 1.39. The minimum absolute atomic E-state index is 0.0740. The van der Waals surface area contributed by atoms with Gasteiger partial charge in [-0.3, -0.25) is 4.68 Å². The van der Waals surface area contributed by atoms with Crippen molar-refractivity contribution in [1.29, 1.82) is 0 Å². The Kier molecular flexibility index (Phi) is 4.06. The second-order valence-electron chi connectivity index (χ2n) is 3.99. The molecule has 2 aromatic rings. The average molecular weight is 287 g/mol. The number of hydrogen-bond donors (Lipinski definition) is 1. The summed E-state index contributed by atoms with van der Waals surface area (Å²) in [7, 11) is 1.76. The number of aromatic nitrogens is 4. The Balaban J connectivity index is 1.87. The van der Waals surface area contributed by atoms with Crippen molar-refractivity contribution in [2.24, 2.45) is 7.05 Å². The number of anilines is 1. The highest BCUT2D eigenvalue weighted by Crippen LogP contribution is 2.18. The minimum Gasteiger partial charge on any atom is -0.468 e. The zero-order valence-corrected chi connectivity index (χ0v) is 10.6. The number of ether oxygens (including phenoxy) is 1. The first-order chi connectivity index (χ1) is 9.44. The van der Waals surface area contributed by atoms with Crippen LogP contribution in [0.5, 0.6) is 5.88 Å². The van der Waals surface area contributed by atoms with Gasteiger partial charge < -0.3 is 10.1 Å². The summed E-state index contributed by atoms with van der Waals surface area (Å²) in [5.41, 5.74) is 1.52. The molecule has 0 unspecified atom stereocenters. The largest absolute Gasteiger partial charge is 0.468 e. The maximum atomic E-state index is 12.0. The second kappa shape index (κ2) is 5.76. The third-order valence-electron chi connectivity index (χ3n) is 2.40. The number of nitrogens with zero attached hydrogens (tertiary/aromatic N) is 4. The van der Waals surface area contributed by atoms with Gasteiger partial charge in [0.1, 0.15) is 0 Å². The van der Waals surface area contributed by atoms with Crippen molar-refractivity contribution in [1.82, 2.24) is 20.0 Å². The smallest absolute Gasteiger partial charge is 0.422 e. The van der Waals surface area contributed by atoms with Crippen LogP contribution < -0.4 is 10.1 Å². The number of hydrogen-bond acceptors (Lipinski definition) is 5. The molecule has 2 heterocycles. The lowest BCUT2D eigenvalue weighted by Crippen LogP contribution is -2.19. The monoisotopic (exact) mass is 287 g/mol. The summed E-state index contributed by atoms with van der Waals surface area (Å²) in [6, 6.07) is 2.96. The van der Waals surface area contributed by atoms with Crippen molar-refractivity contribution >= 4 is 5.69 Å². The standard InChI is InChI=1S/C11H12F3N5O/c1-19-9(6-17-18-19)5-15-8-2-3-10(16-4-8)20-7-11(12,13)14/h2-4,6,15H,5,7H2,1H3. The fourth-order valence-electron chi connectivity index (χ4n) is 1.39. The number of aryl methyl sites for hydroxylation is 1. The number of alkyl halides is 3. The highest BCUT2D eigenvalue weighted by atomic mass is 19.4. The van der Waals surface area contributed by atoms with Crippen LogP contribution in [0, 0.1) is 0 Å². The van der Waals surface area contributed by atoms with Crippen molar-refractivity contribution in [2.45, 2.75) is 12.7 Å². The van der Waals surface area contributed by atoms with Crippen LogP contribution in [0.3, 0.4) is 0 Å². The Labute approximate surface area is 112 Å². The molecule has 1 N–H and O–H groups in total. The van der Waals surface area contributed by atoms with Crippen LogP contribution in [0.25, 0.3) is 0 Å². The van der Waals surface area contributed by atoms with Crippen molar-refractivity contribution < 1.29 is 17.9 Å². The number of pyridine rings is 1. The van der Waals surface area contributed by atoms with Gasteiger partial charge in [-0.1, -0.05) is 5.21 Å². The summed E-state index contributed by atoms with van der Waals surface area (Å²) in [6.45, 7) is -0.874. The molecule has 0 atom stereocenters. The van der Waals surface area contributed by atoms with Crippen LogP contribution in [-0.2, 0) is 13.6 Å². The molecule has 0 aliphatic rings. The van der Waals surface area contributed by atoms with Crippen LogP contribution >= 0.6 is 0 Å². The van der Waals surface area contributed by atoms with Crippen LogP contribution in [-0.4, -0.2) is 32.8 Å². The van der Waals surface area contributed by atoms with Crippen LogP contribution in [0.2, 0.25) is 0 Å². The SMILES string of the molecule is Cn1nncc1CNc1ccc(OCC(F)(F)F)nc1. The molecule has 0 aliphatic heterocycles. The van der Waals surface area contributed by atoms with E-state index in [1.165, 1.54) is 12.3 Å². The Hall–Kier alpha value is -2.32. The Bertz CT molecular complexity index is 552. The third-order valence-corrected chi connectivity index (χ3v) is 2.40. The highest BCUT2D eigenvalue weighted by Gasteiger charge is 2.28. The molecular weight excluding hydrogens is 275 g/mol. The predicted molar refractivity (Wildman–Crippen MR) is 64.1 cm³/mol. The topological polar surface area (TPSA) is 64.9 Å². The first kappa shape index (κ1) is 14.1. The van der Waals surface area contributed by atoms with Crippen molar-refractivity contribution in [3.05, 3.63) is 30.2 Å². The van der Waals surface area contributed by atoms with Crippen LogP contribution in [0.15, 0.2) is 24.5 Å². The van der Waals surface area contributed by atoms with E-state index >= 15 is 0 Å². The summed E-state index contributed by atoms with van der Waals surface area (Å²) < 4.78 is 42.0. The van der Waals surface area contributed by atoms with Gasteiger partial charge in [-0.05, 0) is 6.07 Å². The lowest BCUT2D eigenvalue weighted by molar-refractivity contribution is -0.154. The molecule has 0 aromatic carbocycles. The van der Waals surface area contributed by atoms with Gasteiger partial charge in [-0.2, -0.15) is 13.2 Å².